The third-order valence-electron chi connectivity index (χ3n) is 2.77. The highest BCUT2D eigenvalue weighted by atomic mass is 16.4. The van der Waals surface area contributed by atoms with E-state index in [9.17, 15) is 9.90 Å². The second kappa shape index (κ2) is 5.80. The van der Waals surface area contributed by atoms with Crippen LogP contribution in [0.4, 0.5) is 0 Å². The van der Waals surface area contributed by atoms with Crippen molar-refractivity contribution in [1.82, 2.24) is 5.32 Å². The van der Waals surface area contributed by atoms with E-state index in [1.807, 2.05) is 37.3 Å². The number of carbonyl (C=O) groups is 1. The van der Waals surface area contributed by atoms with E-state index >= 15 is 0 Å². The van der Waals surface area contributed by atoms with Gasteiger partial charge in [-0.1, -0.05) is 30.3 Å². The molecule has 0 aliphatic carbocycles. The third kappa shape index (κ3) is 3.84. The summed E-state index contributed by atoms with van der Waals surface area (Å²) >= 11 is 0. The molecule has 0 saturated carbocycles. The molecular weight excluding hydrogens is 218 g/mol. The molecule has 1 rings (SSSR count). The molecule has 4 heteroatoms. The molecule has 4 nitrogen and oxygen atoms in total. The Hall–Kier alpha value is -1.39. The summed E-state index contributed by atoms with van der Waals surface area (Å²) in [6.07, 6.45) is 0.0302. The molecule has 1 aromatic rings. The molecule has 3 N–H and O–H groups in total. The zero-order chi connectivity index (χ0) is 12.9. The van der Waals surface area contributed by atoms with Crippen LogP contribution in [0.15, 0.2) is 30.3 Å². The van der Waals surface area contributed by atoms with Gasteiger partial charge in [0.2, 0.25) is 0 Å². The van der Waals surface area contributed by atoms with Gasteiger partial charge in [-0.15, -0.1) is 0 Å². The Morgan fingerprint density at radius 2 is 2.00 bits per heavy atom. The van der Waals surface area contributed by atoms with Crippen LogP contribution in [0.5, 0.6) is 0 Å². The molecule has 2 unspecified atom stereocenters. The number of carboxylic acids is 1. The summed E-state index contributed by atoms with van der Waals surface area (Å²) in [4.78, 5) is 10.6. The molecular formula is C13H19NO3. The summed E-state index contributed by atoms with van der Waals surface area (Å²) in [5, 5.41) is 21.4. The maximum Gasteiger partial charge on any atom is 0.304 e. The zero-order valence-electron chi connectivity index (χ0n) is 10.2. The topological polar surface area (TPSA) is 69.6 Å². The van der Waals surface area contributed by atoms with E-state index in [4.69, 9.17) is 5.11 Å². The second-order valence-electron chi connectivity index (χ2n) is 4.50. The van der Waals surface area contributed by atoms with E-state index in [1.165, 1.54) is 0 Å². The van der Waals surface area contributed by atoms with Gasteiger partial charge in [0.15, 0.2) is 0 Å². The standard InChI is InChI=1S/C13H19NO3/c1-10(8-12(16)17)14-13(2,9-15)11-6-4-3-5-7-11/h3-7,10,14-15H,8-9H2,1-2H3,(H,16,17). The number of benzene rings is 1. The Morgan fingerprint density at radius 3 is 2.47 bits per heavy atom. The number of rotatable bonds is 6. The molecule has 17 heavy (non-hydrogen) atoms. The minimum atomic E-state index is -0.849. The largest absolute Gasteiger partial charge is 0.481 e. The molecule has 0 heterocycles. The predicted molar refractivity (Wildman–Crippen MR) is 65.7 cm³/mol. The number of hydrogen-bond acceptors (Lipinski definition) is 3. The average molecular weight is 237 g/mol. The lowest BCUT2D eigenvalue weighted by atomic mass is 9.91. The monoisotopic (exact) mass is 237 g/mol. The summed E-state index contributed by atoms with van der Waals surface area (Å²) in [6, 6.07) is 9.32. The van der Waals surface area contributed by atoms with Crippen molar-refractivity contribution in [3.8, 4) is 0 Å². The summed E-state index contributed by atoms with van der Waals surface area (Å²) in [5.41, 5.74) is 0.329. The quantitative estimate of drug-likeness (QED) is 0.698. The minimum absolute atomic E-state index is 0.0302. The number of nitrogens with one attached hydrogen (secondary N) is 1. The van der Waals surface area contributed by atoms with E-state index in [1.54, 1.807) is 6.92 Å². The molecule has 0 spiro atoms. The fourth-order valence-electron chi connectivity index (χ4n) is 1.88. The molecule has 0 aliphatic rings. The van der Waals surface area contributed by atoms with Gasteiger partial charge in [-0.2, -0.15) is 0 Å². The lowest BCUT2D eigenvalue weighted by Gasteiger charge is -2.32. The Balaban J connectivity index is 2.79. The van der Waals surface area contributed by atoms with E-state index in [2.05, 4.69) is 5.32 Å². The minimum Gasteiger partial charge on any atom is -0.481 e. The number of hydrogen-bond donors (Lipinski definition) is 3. The Kier molecular flexibility index (Phi) is 4.66. The molecule has 0 aromatic heterocycles. The molecule has 0 saturated heterocycles. The first-order valence-corrected chi connectivity index (χ1v) is 5.64. The van der Waals surface area contributed by atoms with Crippen LogP contribution in [-0.2, 0) is 10.3 Å². The van der Waals surface area contributed by atoms with E-state index < -0.39 is 11.5 Å². The predicted octanol–water partition coefficient (Wildman–Crippen LogP) is 1.35. The summed E-state index contributed by atoms with van der Waals surface area (Å²) < 4.78 is 0. The molecule has 2 atom stereocenters. The highest BCUT2D eigenvalue weighted by Gasteiger charge is 2.27. The number of aliphatic hydroxyl groups is 1. The highest BCUT2D eigenvalue weighted by molar-refractivity contribution is 5.67. The van der Waals surface area contributed by atoms with Crippen LogP contribution in [0.25, 0.3) is 0 Å². The van der Waals surface area contributed by atoms with Crippen LogP contribution in [0.3, 0.4) is 0 Å². The fourth-order valence-corrected chi connectivity index (χ4v) is 1.88. The first-order chi connectivity index (χ1) is 7.98. The van der Waals surface area contributed by atoms with Gasteiger partial charge in [0.25, 0.3) is 0 Å². The van der Waals surface area contributed by atoms with Crippen LogP contribution in [0.2, 0.25) is 0 Å². The third-order valence-corrected chi connectivity index (χ3v) is 2.77. The van der Waals surface area contributed by atoms with Gasteiger partial charge in [-0.3, -0.25) is 4.79 Å². The first kappa shape index (κ1) is 13.7. The number of aliphatic carboxylic acids is 1. The maximum atomic E-state index is 10.6. The highest BCUT2D eigenvalue weighted by Crippen LogP contribution is 2.20. The van der Waals surface area contributed by atoms with Gasteiger partial charge in [0.05, 0.1) is 18.6 Å². The van der Waals surface area contributed by atoms with E-state index in [0.29, 0.717) is 0 Å². The fraction of sp³-hybridized carbons (Fsp3) is 0.462. The number of carboxylic acid groups (broad SMARTS) is 1. The van der Waals surface area contributed by atoms with E-state index in [0.717, 1.165) is 5.56 Å². The van der Waals surface area contributed by atoms with Crippen molar-refractivity contribution >= 4 is 5.97 Å². The maximum absolute atomic E-state index is 10.6. The molecule has 94 valence electrons. The van der Waals surface area contributed by atoms with Crippen molar-refractivity contribution in [3.63, 3.8) is 0 Å². The van der Waals surface area contributed by atoms with Gasteiger partial charge < -0.3 is 15.5 Å². The van der Waals surface area contributed by atoms with Gasteiger partial charge in [-0.05, 0) is 19.4 Å². The lowest BCUT2D eigenvalue weighted by Crippen LogP contribution is -2.48. The second-order valence-corrected chi connectivity index (χ2v) is 4.50. The van der Waals surface area contributed by atoms with Crippen molar-refractivity contribution < 1.29 is 15.0 Å². The zero-order valence-corrected chi connectivity index (χ0v) is 10.2. The molecule has 0 fully saturated rings. The smallest absolute Gasteiger partial charge is 0.304 e. The van der Waals surface area contributed by atoms with Crippen molar-refractivity contribution in [2.75, 3.05) is 6.61 Å². The SMILES string of the molecule is CC(CC(=O)O)NC(C)(CO)c1ccccc1. The van der Waals surface area contributed by atoms with Gasteiger partial charge >= 0.3 is 5.97 Å². The Labute approximate surface area is 101 Å². The molecule has 0 bridgehead atoms. The van der Waals surface area contributed by atoms with Crippen LogP contribution in [0, 0.1) is 0 Å². The van der Waals surface area contributed by atoms with Crippen LogP contribution in [0.1, 0.15) is 25.8 Å². The lowest BCUT2D eigenvalue weighted by molar-refractivity contribution is -0.137. The van der Waals surface area contributed by atoms with Crippen LogP contribution in [-0.4, -0.2) is 28.8 Å². The summed E-state index contributed by atoms with van der Waals surface area (Å²) in [6.45, 7) is 3.58. The number of aliphatic hydroxyl groups excluding tert-OH is 1. The first-order valence-electron chi connectivity index (χ1n) is 5.64. The average Bonchev–Trinajstić information content (AvgIpc) is 2.29. The molecule has 0 aliphatic heterocycles. The van der Waals surface area contributed by atoms with Gasteiger partial charge in [0.1, 0.15) is 0 Å². The summed E-state index contributed by atoms with van der Waals surface area (Å²) in [7, 11) is 0. The van der Waals surface area contributed by atoms with Crippen molar-refractivity contribution in [2.24, 2.45) is 0 Å². The van der Waals surface area contributed by atoms with Crippen molar-refractivity contribution in [3.05, 3.63) is 35.9 Å². The van der Waals surface area contributed by atoms with Gasteiger partial charge in [0, 0.05) is 6.04 Å². The molecule has 1 aromatic carbocycles. The molecule has 0 amide bonds. The van der Waals surface area contributed by atoms with Crippen LogP contribution >= 0.6 is 0 Å². The van der Waals surface area contributed by atoms with Crippen molar-refractivity contribution in [2.45, 2.75) is 31.8 Å². The Bertz CT molecular complexity index is 366. The van der Waals surface area contributed by atoms with Crippen molar-refractivity contribution in [1.29, 1.82) is 0 Å². The van der Waals surface area contributed by atoms with E-state index in [-0.39, 0.29) is 19.1 Å². The normalized spacial score (nSPS) is 16.2. The van der Waals surface area contributed by atoms with Gasteiger partial charge in [-0.25, -0.2) is 0 Å². The Morgan fingerprint density at radius 1 is 1.41 bits per heavy atom. The van der Waals surface area contributed by atoms with Crippen LogP contribution < -0.4 is 5.32 Å². The molecule has 0 radical (unpaired) electrons. The summed E-state index contributed by atoms with van der Waals surface area (Å²) in [5.74, 6) is -0.849.